The minimum Gasteiger partial charge on any atom is -0.508 e. The van der Waals surface area contributed by atoms with Crippen LogP contribution in [0.2, 0.25) is 0 Å². The van der Waals surface area contributed by atoms with Crippen molar-refractivity contribution in [3.05, 3.63) is 42.5 Å². The molecule has 9 heavy (non-hydrogen) atoms. The van der Waals surface area contributed by atoms with E-state index in [0.29, 0.717) is 0 Å². The van der Waals surface area contributed by atoms with Crippen LogP contribution >= 0.6 is 0 Å². The van der Waals surface area contributed by atoms with Crippen molar-refractivity contribution in [2.75, 3.05) is 0 Å². The largest absolute Gasteiger partial charge is 0.508 e. The quantitative estimate of drug-likeness (QED) is 0.596. The number of hydrogen-bond acceptors (Lipinski definition) is 1. The Kier molecular flexibility index (Phi) is 1.54. The molecule has 1 radical (unpaired) electrons. The molecule has 0 aliphatic heterocycles. The third kappa shape index (κ3) is 1.32. The van der Waals surface area contributed by atoms with E-state index < -0.39 is 0 Å². The Morgan fingerprint density at radius 3 is 2.22 bits per heavy atom. The molecule has 0 saturated carbocycles. The first-order valence-corrected chi connectivity index (χ1v) is 2.65. The Hall–Kier alpha value is -1.24. The zero-order chi connectivity index (χ0) is 6.69. The fourth-order valence-electron chi connectivity index (χ4n) is 0.579. The highest BCUT2D eigenvalue weighted by Gasteiger charge is 1.84. The van der Waals surface area contributed by atoms with E-state index in [-0.39, 0.29) is 5.75 Å². The van der Waals surface area contributed by atoms with Gasteiger partial charge in [-0.05, 0) is 23.8 Å². The van der Waals surface area contributed by atoms with Crippen molar-refractivity contribution in [1.29, 1.82) is 0 Å². The highest BCUT2D eigenvalue weighted by Crippen LogP contribution is 2.08. The van der Waals surface area contributed by atoms with Crippen molar-refractivity contribution >= 4 is 0 Å². The molecule has 1 heteroatoms. The normalized spacial score (nSPS) is 8.89. The predicted octanol–water partition coefficient (Wildman–Crippen LogP) is 1.73. The molecule has 1 aromatic rings. The van der Waals surface area contributed by atoms with Gasteiger partial charge < -0.3 is 5.11 Å². The minimum atomic E-state index is 0.272. The monoisotopic (exact) mass is 119 g/mol. The topological polar surface area (TPSA) is 20.2 Å². The van der Waals surface area contributed by atoms with E-state index in [1.54, 1.807) is 24.3 Å². The van der Waals surface area contributed by atoms with Gasteiger partial charge in [-0.3, -0.25) is 0 Å². The molecule has 0 saturated heterocycles. The molecule has 0 spiro atoms. The standard InChI is InChI=1S/C8H7O/c1-2-7-3-5-8(9)6-4-7/h3-6,9H,1H2. The second kappa shape index (κ2) is 2.35. The lowest BCUT2D eigenvalue weighted by molar-refractivity contribution is 0.475. The number of hydrogen-bond donors (Lipinski definition) is 1. The second-order valence-corrected chi connectivity index (χ2v) is 1.72. The van der Waals surface area contributed by atoms with Gasteiger partial charge in [-0.25, -0.2) is 0 Å². The van der Waals surface area contributed by atoms with Gasteiger partial charge in [0.25, 0.3) is 0 Å². The number of phenols is 1. The second-order valence-electron chi connectivity index (χ2n) is 1.72. The summed E-state index contributed by atoms with van der Waals surface area (Å²) in [5.74, 6) is 0.272. The van der Waals surface area contributed by atoms with Crippen LogP contribution in [0.3, 0.4) is 0 Å². The SMILES string of the molecule is C=[C]c1ccc(O)cc1. The van der Waals surface area contributed by atoms with Crippen molar-refractivity contribution in [2.24, 2.45) is 0 Å². The van der Waals surface area contributed by atoms with Gasteiger partial charge in [-0.15, -0.1) is 0 Å². The zero-order valence-electron chi connectivity index (χ0n) is 4.96. The van der Waals surface area contributed by atoms with Crippen molar-refractivity contribution in [3.63, 3.8) is 0 Å². The van der Waals surface area contributed by atoms with E-state index in [1.165, 1.54) is 0 Å². The molecule has 0 aliphatic carbocycles. The lowest BCUT2D eigenvalue weighted by Crippen LogP contribution is -1.69. The van der Waals surface area contributed by atoms with Crippen LogP contribution in [-0.2, 0) is 0 Å². The molecular weight excluding hydrogens is 112 g/mol. The van der Waals surface area contributed by atoms with Gasteiger partial charge in [0.2, 0.25) is 0 Å². The Morgan fingerprint density at radius 2 is 1.78 bits per heavy atom. The Bertz CT molecular complexity index is 198. The summed E-state index contributed by atoms with van der Waals surface area (Å²) in [6, 6.07) is 6.71. The first-order chi connectivity index (χ1) is 4.33. The first-order valence-electron chi connectivity index (χ1n) is 2.65. The summed E-state index contributed by atoms with van der Waals surface area (Å²) in [4.78, 5) is 0. The van der Waals surface area contributed by atoms with Gasteiger partial charge in [0.05, 0.1) is 0 Å². The molecule has 1 N–H and O–H groups in total. The van der Waals surface area contributed by atoms with E-state index in [9.17, 15) is 0 Å². The first kappa shape index (κ1) is 5.89. The van der Waals surface area contributed by atoms with Crippen LogP contribution in [0.25, 0.3) is 0 Å². The van der Waals surface area contributed by atoms with E-state index in [0.717, 1.165) is 5.56 Å². The fourth-order valence-corrected chi connectivity index (χ4v) is 0.579. The van der Waals surface area contributed by atoms with Gasteiger partial charge in [0, 0.05) is 0 Å². The zero-order valence-corrected chi connectivity index (χ0v) is 4.96. The molecule has 0 aromatic heterocycles. The van der Waals surface area contributed by atoms with E-state index in [4.69, 9.17) is 5.11 Å². The maximum absolute atomic E-state index is 8.80. The van der Waals surface area contributed by atoms with Crippen LogP contribution in [0, 0.1) is 6.08 Å². The van der Waals surface area contributed by atoms with Crippen LogP contribution in [0.5, 0.6) is 5.75 Å². The smallest absolute Gasteiger partial charge is 0.115 e. The summed E-state index contributed by atoms with van der Waals surface area (Å²) in [5, 5.41) is 8.80. The maximum Gasteiger partial charge on any atom is 0.115 e. The molecule has 0 unspecified atom stereocenters. The van der Waals surface area contributed by atoms with Crippen LogP contribution in [0.1, 0.15) is 5.56 Å². The predicted molar refractivity (Wildman–Crippen MR) is 36.1 cm³/mol. The summed E-state index contributed by atoms with van der Waals surface area (Å²) in [6.45, 7) is 3.45. The average molecular weight is 119 g/mol. The third-order valence-electron chi connectivity index (χ3n) is 1.07. The maximum atomic E-state index is 8.80. The molecule has 1 aromatic carbocycles. The van der Waals surface area contributed by atoms with Crippen molar-refractivity contribution in [1.82, 2.24) is 0 Å². The summed E-state index contributed by atoms with van der Waals surface area (Å²) in [7, 11) is 0. The lowest BCUT2D eigenvalue weighted by Gasteiger charge is -1.90. The Labute approximate surface area is 54.3 Å². The van der Waals surface area contributed by atoms with E-state index in [1.807, 2.05) is 0 Å². The van der Waals surface area contributed by atoms with E-state index >= 15 is 0 Å². The lowest BCUT2D eigenvalue weighted by atomic mass is 10.2. The van der Waals surface area contributed by atoms with Crippen LogP contribution < -0.4 is 0 Å². The molecule has 0 heterocycles. The molecule has 0 bridgehead atoms. The van der Waals surface area contributed by atoms with E-state index in [2.05, 4.69) is 12.7 Å². The van der Waals surface area contributed by atoms with Gasteiger partial charge in [0.15, 0.2) is 0 Å². The Morgan fingerprint density at radius 1 is 1.22 bits per heavy atom. The molecule has 0 amide bonds. The summed E-state index contributed by atoms with van der Waals surface area (Å²) < 4.78 is 0. The summed E-state index contributed by atoms with van der Waals surface area (Å²) >= 11 is 0. The van der Waals surface area contributed by atoms with Crippen molar-refractivity contribution in [2.45, 2.75) is 0 Å². The van der Waals surface area contributed by atoms with Crippen LogP contribution in [0.15, 0.2) is 30.8 Å². The van der Waals surface area contributed by atoms with Gasteiger partial charge in [-0.2, -0.15) is 0 Å². The molecule has 0 atom stereocenters. The van der Waals surface area contributed by atoms with Crippen LogP contribution in [-0.4, -0.2) is 5.11 Å². The summed E-state index contributed by atoms with van der Waals surface area (Å²) in [5.41, 5.74) is 0.896. The molecule has 1 nitrogen and oxygen atoms in total. The molecule has 1 rings (SSSR count). The van der Waals surface area contributed by atoms with Crippen molar-refractivity contribution < 1.29 is 5.11 Å². The summed E-state index contributed by atoms with van der Waals surface area (Å²) in [6.07, 6.45) is 2.69. The molecule has 0 aliphatic rings. The number of rotatable bonds is 1. The number of benzene rings is 1. The van der Waals surface area contributed by atoms with Gasteiger partial charge in [-0.1, -0.05) is 18.7 Å². The molecular formula is C8H7O. The van der Waals surface area contributed by atoms with Gasteiger partial charge >= 0.3 is 0 Å². The average Bonchev–Trinajstić information content (AvgIpc) is 1.90. The molecule has 0 fully saturated rings. The minimum absolute atomic E-state index is 0.272. The highest BCUT2D eigenvalue weighted by atomic mass is 16.3. The number of aromatic hydroxyl groups is 1. The molecule has 45 valence electrons. The van der Waals surface area contributed by atoms with Gasteiger partial charge in [0.1, 0.15) is 5.75 Å². The third-order valence-corrected chi connectivity index (χ3v) is 1.07. The van der Waals surface area contributed by atoms with Crippen LogP contribution in [0.4, 0.5) is 0 Å². The highest BCUT2D eigenvalue weighted by molar-refractivity contribution is 5.28. The number of phenolic OH excluding ortho intramolecular Hbond substituents is 1. The Balaban J connectivity index is 3.01. The fraction of sp³-hybridized carbons (Fsp3) is 0. The van der Waals surface area contributed by atoms with Crippen molar-refractivity contribution in [3.8, 4) is 5.75 Å².